The van der Waals surface area contributed by atoms with Crippen LogP contribution >= 0.6 is 0 Å². The summed E-state index contributed by atoms with van der Waals surface area (Å²) >= 11 is 0. The van der Waals surface area contributed by atoms with E-state index >= 15 is 0 Å². The van der Waals surface area contributed by atoms with Crippen LogP contribution in [0.2, 0.25) is 0 Å². The predicted octanol–water partition coefficient (Wildman–Crippen LogP) is 3.86. The van der Waals surface area contributed by atoms with Gasteiger partial charge in [0.25, 0.3) is 0 Å². The molecule has 0 bridgehead atoms. The van der Waals surface area contributed by atoms with Crippen LogP contribution < -0.4 is 15.8 Å². The van der Waals surface area contributed by atoms with Crippen molar-refractivity contribution < 1.29 is 23.8 Å². The first-order chi connectivity index (χ1) is 12.9. The van der Waals surface area contributed by atoms with Gasteiger partial charge in [0.15, 0.2) is 5.76 Å². The van der Waals surface area contributed by atoms with E-state index < -0.39 is 6.03 Å². The van der Waals surface area contributed by atoms with Crippen molar-refractivity contribution in [3.63, 3.8) is 0 Å². The van der Waals surface area contributed by atoms with Crippen LogP contribution in [0, 0.1) is 5.92 Å². The topological polar surface area (TPSA) is 115 Å². The van der Waals surface area contributed by atoms with Gasteiger partial charge in [0.2, 0.25) is 5.78 Å². The molecule has 7 nitrogen and oxygen atoms in total. The third kappa shape index (κ3) is 4.89. The average molecular weight is 374 g/mol. The molecular formula is C20H26N2O5. The number of hydrogen-bond acceptors (Lipinski definition) is 5. The molecule has 0 radical (unpaired) electrons. The zero-order valence-electron chi connectivity index (χ0n) is 15.7. The van der Waals surface area contributed by atoms with Crippen molar-refractivity contribution in [1.82, 2.24) is 0 Å². The number of furan rings is 1. The van der Waals surface area contributed by atoms with Crippen LogP contribution in [0.1, 0.15) is 43.7 Å². The number of Topliss-reactive ketones (excluding diaryl/α,β-unsaturated/α-hetero) is 1. The van der Waals surface area contributed by atoms with Crippen molar-refractivity contribution in [2.24, 2.45) is 11.7 Å². The number of nitrogens with one attached hydrogen (secondary N) is 1. The molecule has 146 valence electrons. The number of carbonyl (C=O) groups excluding carboxylic acids is 2. The van der Waals surface area contributed by atoms with Gasteiger partial charge in [0.1, 0.15) is 23.6 Å². The molecule has 0 saturated heterocycles. The maximum atomic E-state index is 12.9. The lowest BCUT2D eigenvalue weighted by molar-refractivity contribution is 0.0884. The number of aliphatic hydroxyl groups is 1. The number of anilines is 1. The van der Waals surface area contributed by atoms with E-state index in [4.69, 9.17) is 20.0 Å². The van der Waals surface area contributed by atoms with Crippen LogP contribution in [0.4, 0.5) is 10.5 Å². The Kier molecular flexibility index (Phi) is 7.01. The number of benzene rings is 1. The van der Waals surface area contributed by atoms with Crippen LogP contribution in [-0.2, 0) is 0 Å². The van der Waals surface area contributed by atoms with Crippen molar-refractivity contribution >= 4 is 28.5 Å². The fourth-order valence-corrected chi connectivity index (χ4v) is 2.87. The minimum absolute atomic E-state index is 0.0982. The van der Waals surface area contributed by atoms with E-state index in [0.29, 0.717) is 28.7 Å². The average Bonchev–Trinajstić information content (AvgIpc) is 3.00. The molecule has 0 aliphatic carbocycles. The summed E-state index contributed by atoms with van der Waals surface area (Å²) < 4.78 is 11.3. The molecule has 1 aromatic carbocycles. The van der Waals surface area contributed by atoms with Gasteiger partial charge in [-0.1, -0.05) is 26.8 Å². The lowest BCUT2D eigenvalue weighted by atomic mass is 9.94. The highest BCUT2D eigenvalue weighted by molar-refractivity contribution is 6.11. The highest BCUT2D eigenvalue weighted by Crippen LogP contribution is 2.35. The molecule has 0 aliphatic rings. The molecule has 1 unspecified atom stereocenters. The number of hydrogen-bond donors (Lipinski definition) is 3. The number of urea groups is 1. The summed E-state index contributed by atoms with van der Waals surface area (Å²) in [6, 6.07) is 4.24. The van der Waals surface area contributed by atoms with Crippen molar-refractivity contribution in [2.45, 2.75) is 33.1 Å². The first kappa shape index (κ1) is 20.5. The Balaban J connectivity index is 2.44. The van der Waals surface area contributed by atoms with E-state index in [1.165, 1.54) is 0 Å². The maximum Gasteiger partial charge on any atom is 0.316 e. The number of fused-ring (bicyclic) bond motifs is 1. The maximum absolute atomic E-state index is 12.9. The normalized spacial score (nSPS) is 12.0. The molecule has 7 heteroatoms. The zero-order chi connectivity index (χ0) is 20.0. The van der Waals surface area contributed by atoms with E-state index in [1.807, 2.05) is 13.8 Å². The second-order valence-electron chi connectivity index (χ2n) is 6.41. The second kappa shape index (κ2) is 9.23. The van der Waals surface area contributed by atoms with Crippen LogP contribution in [0.25, 0.3) is 11.0 Å². The van der Waals surface area contributed by atoms with E-state index in [1.54, 1.807) is 18.2 Å². The quantitative estimate of drug-likeness (QED) is 0.431. The number of ketones is 1. The summed E-state index contributed by atoms with van der Waals surface area (Å²) in [5.41, 5.74) is 6.49. The molecule has 0 fully saturated rings. The summed E-state index contributed by atoms with van der Waals surface area (Å²) in [5, 5.41) is 12.1. The van der Waals surface area contributed by atoms with Crippen molar-refractivity contribution in [3.05, 3.63) is 36.1 Å². The van der Waals surface area contributed by atoms with E-state index in [9.17, 15) is 9.59 Å². The van der Waals surface area contributed by atoms with Crippen LogP contribution in [-0.4, -0.2) is 30.1 Å². The van der Waals surface area contributed by atoms with Crippen LogP contribution in [0.5, 0.6) is 5.75 Å². The standard InChI is InChI=1S/C20H26N2O5/c1-4-6-13(5-2)18(24)19-17(22-20(21)25)15-8-7-14(9-16(15)27-19)26-11-12(3)10-23/h7-9,13,23H,3-6,10-11H2,1-2H3,(H3,21,22,25). The minimum atomic E-state index is -0.769. The summed E-state index contributed by atoms with van der Waals surface area (Å²) in [4.78, 5) is 24.3. The highest BCUT2D eigenvalue weighted by Gasteiger charge is 2.27. The van der Waals surface area contributed by atoms with Gasteiger partial charge in [0.05, 0.1) is 6.61 Å². The van der Waals surface area contributed by atoms with E-state index in [0.717, 1.165) is 12.8 Å². The Bertz CT molecular complexity index is 840. The first-order valence-corrected chi connectivity index (χ1v) is 8.98. The van der Waals surface area contributed by atoms with Crippen LogP contribution in [0.3, 0.4) is 0 Å². The van der Waals surface area contributed by atoms with Gasteiger partial charge < -0.3 is 25.3 Å². The molecule has 0 aliphatic heterocycles. The molecule has 2 amide bonds. The summed E-state index contributed by atoms with van der Waals surface area (Å²) in [7, 11) is 0. The molecular weight excluding hydrogens is 348 g/mol. The zero-order valence-corrected chi connectivity index (χ0v) is 15.7. The number of nitrogens with two attached hydrogens (primary N) is 1. The molecule has 0 saturated carbocycles. The third-order valence-electron chi connectivity index (χ3n) is 4.30. The summed E-state index contributed by atoms with van der Waals surface area (Å²) in [5.74, 6) is 0.250. The Hall–Kier alpha value is -2.80. The molecule has 2 rings (SSSR count). The SMILES string of the molecule is C=C(CO)COc1ccc2c(NC(N)=O)c(C(=O)C(CC)CCC)oc2c1. The van der Waals surface area contributed by atoms with Gasteiger partial charge in [-0.3, -0.25) is 4.79 Å². The molecule has 1 aromatic heterocycles. The Labute approximate surface area is 158 Å². The molecule has 0 spiro atoms. The highest BCUT2D eigenvalue weighted by atomic mass is 16.5. The molecule has 1 atom stereocenters. The summed E-state index contributed by atoms with van der Waals surface area (Å²) in [6.45, 7) is 7.63. The minimum Gasteiger partial charge on any atom is -0.489 e. The smallest absolute Gasteiger partial charge is 0.316 e. The van der Waals surface area contributed by atoms with Crippen molar-refractivity contribution in [2.75, 3.05) is 18.5 Å². The van der Waals surface area contributed by atoms with E-state index in [2.05, 4.69) is 11.9 Å². The third-order valence-corrected chi connectivity index (χ3v) is 4.30. The number of aliphatic hydroxyl groups excluding tert-OH is 1. The fraction of sp³-hybridized carbons (Fsp3) is 0.400. The summed E-state index contributed by atoms with van der Waals surface area (Å²) in [6.07, 6.45) is 2.28. The Morgan fingerprint density at radius 2 is 2.11 bits per heavy atom. The van der Waals surface area contributed by atoms with Gasteiger partial charge in [-0.15, -0.1) is 0 Å². The van der Waals surface area contributed by atoms with Crippen molar-refractivity contribution in [3.8, 4) is 5.75 Å². The number of amides is 2. The van der Waals surface area contributed by atoms with Gasteiger partial charge in [-0.05, 0) is 30.5 Å². The second-order valence-corrected chi connectivity index (χ2v) is 6.41. The van der Waals surface area contributed by atoms with Gasteiger partial charge >= 0.3 is 6.03 Å². The van der Waals surface area contributed by atoms with Crippen molar-refractivity contribution in [1.29, 1.82) is 0 Å². The van der Waals surface area contributed by atoms with E-state index in [-0.39, 0.29) is 36.4 Å². The van der Waals surface area contributed by atoms with Crippen LogP contribution in [0.15, 0.2) is 34.8 Å². The lowest BCUT2D eigenvalue weighted by Gasteiger charge is -2.11. The monoisotopic (exact) mass is 374 g/mol. The fourth-order valence-electron chi connectivity index (χ4n) is 2.87. The predicted molar refractivity (Wildman–Crippen MR) is 104 cm³/mol. The molecule has 27 heavy (non-hydrogen) atoms. The number of rotatable bonds is 10. The largest absolute Gasteiger partial charge is 0.489 e. The van der Waals surface area contributed by atoms with Gasteiger partial charge in [0, 0.05) is 17.4 Å². The van der Waals surface area contributed by atoms with Gasteiger partial charge in [-0.2, -0.15) is 0 Å². The number of primary amides is 1. The Morgan fingerprint density at radius 3 is 2.70 bits per heavy atom. The Morgan fingerprint density at radius 1 is 1.37 bits per heavy atom. The number of ether oxygens (including phenoxy) is 1. The first-order valence-electron chi connectivity index (χ1n) is 8.98. The molecule has 2 aromatic rings. The lowest BCUT2D eigenvalue weighted by Crippen LogP contribution is -2.22. The number of carbonyl (C=O) groups is 2. The molecule has 1 heterocycles. The van der Waals surface area contributed by atoms with Gasteiger partial charge in [-0.25, -0.2) is 4.79 Å². The molecule has 4 N–H and O–H groups in total.